The lowest BCUT2D eigenvalue weighted by Crippen LogP contribution is -2.07. The highest BCUT2D eigenvalue weighted by molar-refractivity contribution is 5.66. The third-order valence-corrected chi connectivity index (χ3v) is 2.51. The zero-order chi connectivity index (χ0) is 14.0. The fourth-order valence-electron chi connectivity index (χ4n) is 1.69. The molecule has 0 radical (unpaired) electrons. The van der Waals surface area contributed by atoms with Crippen LogP contribution in [0.2, 0.25) is 0 Å². The molecule has 1 aromatic rings. The fraction of sp³-hybridized carbons (Fsp3) is 0.385. The molecule has 0 amide bonds. The summed E-state index contributed by atoms with van der Waals surface area (Å²) in [5.74, 6) is -9.47. The van der Waals surface area contributed by atoms with Crippen molar-refractivity contribution in [3.63, 3.8) is 0 Å². The number of allylic oxidation sites excluding steroid dienone is 2. The van der Waals surface area contributed by atoms with Gasteiger partial charge in [0.05, 0.1) is 5.56 Å². The summed E-state index contributed by atoms with van der Waals surface area (Å²) in [5.41, 5.74) is -0.722. The highest BCUT2D eigenvalue weighted by Crippen LogP contribution is 2.31. The second-order valence-corrected chi connectivity index (χ2v) is 4.36. The van der Waals surface area contributed by atoms with Gasteiger partial charge in [0.2, 0.25) is 5.82 Å². The summed E-state index contributed by atoms with van der Waals surface area (Å²) in [6.07, 6.45) is 1.59. The summed E-state index contributed by atoms with van der Waals surface area (Å²) in [6.45, 7) is 5.07. The smallest absolute Gasteiger partial charge is 0.200 e. The molecule has 0 saturated heterocycles. The molecule has 0 aromatic heterocycles. The average molecular weight is 264 g/mol. The average Bonchev–Trinajstić information content (AvgIpc) is 2.32. The molecule has 18 heavy (non-hydrogen) atoms. The standard InChI is InChI=1S/C13H13F5/c1-4-7(5-6(2)3)8-9(14)11(16)13(18)12(17)10(8)15/h4,6H,5H2,1-3H3/b7-4+. The lowest BCUT2D eigenvalue weighted by atomic mass is 9.95. The Hall–Kier alpha value is -1.39. The molecule has 5 heteroatoms. The van der Waals surface area contributed by atoms with E-state index < -0.39 is 34.6 Å². The Kier molecular flexibility index (Phi) is 4.48. The van der Waals surface area contributed by atoms with Crippen molar-refractivity contribution < 1.29 is 22.0 Å². The Morgan fingerprint density at radius 3 is 1.61 bits per heavy atom. The van der Waals surface area contributed by atoms with Crippen LogP contribution >= 0.6 is 0 Å². The maximum Gasteiger partial charge on any atom is 0.200 e. The van der Waals surface area contributed by atoms with Crippen molar-refractivity contribution in [2.24, 2.45) is 5.92 Å². The number of rotatable bonds is 3. The molecule has 0 atom stereocenters. The van der Waals surface area contributed by atoms with Gasteiger partial charge in [-0.25, -0.2) is 22.0 Å². The maximum atomic E-state index is 13.5. The molecule has 0 saturated carbocycles. The van der Waals surface area contributed by atoms with E-state index in [1.807, 2.05) is 0 Å². The molecule has 0 aliphatic carbocycles. The number of benzene rings is 1. The largest absolute Gasteiger partial charge is 0.203 e. The van der Waals surface area contributed by atoms with Gasteiger partial charge in [-0.05, 0) is 24.8 Å². The monoisotopic (exact) mass is 264 g/mol. The predicted molar refractivity (Wildman–Crippen MR) is 59.3 cm³/mol. The second-order valence-electron chi connectivity index (χ2n) is 4.36. The highest BCUT2D eigenvalue weighted by Gasteiger charge is 2.27. The van der Waals surface area contributed by atoms with Gasteiger partial charge in [0.25, 0.3) is 0 Å². The Morgan fingerprint density at radius 2 is 1.28 bits per heavy atom. The zero-order valence-corrected chi connectivity index (χ0v) is 10.3. The lowest BCUT2D eigenvalue weighted by molar-refractivity contribution is 0.375. The van der Waals surface area contributed by atoms with Crippen LogP contribution in [0.5, 0.6) is 0 Å². The zero-order valence-electron chi connectivity index (χ0n) is 10.3. The Balaban J connectivity index is 3.50. The van der Waals surface area contributed by atoms with E-state index in [9.17, 15) is 22.0 Å². The van der Waals surface area contributed by atoms with Crippen LogP contribution in [-0.4, -0.2) is 0 Å². The van der Waals surface area contributed by atoms with Crippen molar-refractivity contribution >= 4 is 5.57 Å². The summed E-state index contributed by atoms with van der Waals surface area (Å²) in [5, 5.41) is 0. The summed E-state index contributed by atoms with van der Waals surface area (Å²) < 4.78 is 66.0. The van der Waals surface area contributed by atoms with Gasteiger partial charge in [-0.3, -0.25) is 0 Å². The van der Waals surface area contributed by atoms with Gasteiger partial charge in [0.15, 0.2) is 23.3 Å². The van der Waals surface area contributed by atoms with Gasteiger partial charge in [-0.1, -0.05) is 19.9 Å². The first kappa shape index (κ1) is 14.7. The van der Waals surface area contributed by atoms with Gasteiger partial charge in [0, 0.05) is 0 Å². The SMILES string of the molecule is C/C=C(\CC(C)C)c1c(F)c(F)c(F)c(F)c1F. The van der Waals surface area contributed by atoms with Crippen molar-refractivity contribution in [3.8, 4) is 0 Å². The van der Waals surface area contributed by atoms with Crippen LogP contribution in [0.3, 0.4) is 0 Å². The minimum Gasteiger partial charge on any atom is -0.203 e. The van der Waals surface area contributed by atoms with Gasteiger partial charge in [-0.2, -0.15) is 0 Å². The van der Waals surface area contributed by atoms with E-state index in [0.717, 1.165) is 0 Å². The predicted octanol–water partition coefficient (Wildman–Crippen LogP) is 4.83. The summed E-state index contributed by atoms with van der Waals surface area (Å²) >= 11 is 0. The molecule has 100 valence electrons. The summed E-state index contributed by atoms with van der Waals surface area (Å²) in [4.78, 5) is 0. The second kappa shape index (κ2) is 5.50. The van der Waals surface area contributed by atoms with Crippen LogP contribution in [0.1, 0.15) is 32.8 Å². The van der Waals surface area contributed by atoms with Crippen molar-refractivity contribution in [2.75, 3.05) is 0 Å². The molecule has 0 nitrogen and oxygen atoms in total. The normalized spacial score (nSPS) is 12.4. The van der Waals surface area contributed by atoms with Crippen LogP contribution in [0.4, 0.5) is 22.0 Å². The van der Waals surface area contributed by atoms with Crippen molar-refractivity contribution in [3.05, 3.63) is 40.7 Å². The third kappa shape index (κ3) is 2.54. The molecule has 0 N–H and O–H groups in total. The molecule has 0 heterocycles. The van der Waals surface area contributed by atoms with E-state index >= 15 is 0 Å². The topological polar surface area (TPSA) is 0 Å². The van der Waals surface area contributed by atoms with E-state index in [1.165, 1.54) is 13.0 Å². The first-order chi connectivity index (χ1) is 8.31. The third-order valence-electron chi connectivity index (χ3n) is 2.51. The van der Waals surface area contributed by atoms with E-state index in [0.29, 0.717) is 0 Å². The van der Waals surface area contributed by atoms with Crippen LogP contribution in [0.15, 0.2) is 6.08 Å². The number of hydrogen-bond donors (Lipinski definition) is 0. The van der Waals surface area contributed by atoms with Crippen molar-refractivity contribution in [1.29, 1.82) is 0 Å². The Bertz CT molecular complexity index is 460. The van der Waals surface area contributed by atoms with E-state index in [1.54, 1.807) is 13.8 Å². The van der Waals surface area contributed by atoms with Crippen LogP contribution in [-0.2, 0) is 0 Å². The molecular formula is C13H13F5. The van der Waals surface area contributed by atoms with E-state index in [4.69, 9.17) is 0 Å². The van der Waals surface area contributed by atoms with Gasteiger partial charge in [-0.15, -0.1) is 0 Å². The first-order valence-corrected chi connectivity index (χ1v) is 5.48. The quantitative estimate of drug-likeness (QED) is 0.416. The van der Waals surface area contributed by atoms with Crippen LogP contribution < -0.4 is 0 Å². The molecule has 1 aromatic carbocycles. The molecular weight excluding hydrogens is 251 g/mol. The van der Waals surface area contributed by atoms with Crippen molar-refractivity contribution in [1.82, 2.24) is 0 Å². The Morgan fingerprint density at radius 1 is 0.889 bits per heavy atom. The first-order valence-electron chi connectivity index (χ1n) is 5.48. The lowest BCUT2D eigenvalue weighted by Gasteiger charge is -2.13. The Labute approximate surface area is 102 Å². The highest BCUT2D eigenvalue weighted by atomic mass is 19.2. The fourth-order valence-corrected chi connectivity index (χ4v) is 1.69. The van der Waals surface area contributed by atoms with Crippen molar-refractivity contribution in [2.45, 2.75) is 27.2 Å². The molecule has 0 aliphatic heterocycles. The van der Waals surface area contributed by atoms with Gasteiger partial charge >= 0.3 is 0 Å². The van der Waals surface area contributed by atoms with Gasteiger partial charge in [0.1, 0.15) is 0 Å². The molecule has 0 unspecified atom stereocenters. The molecule has 0 fully saturated rings. The maximum absolute atomic E-state index is 13.5. The molecule has 0 aliphatic rings. The summed E-state index contributed by atoms with van der Waals surface area (Å²) in [7, 11) is 0. The van der Waals surface area contributed by atoms with E-state index in [2.05, 4.69) is 0 Å². The number of halogens is 5. The van der Waals surface area contributed by atoms with Gasteiger partial charge < -0.3 is 0 Å². The molecule has 0 bridgehead atoms. The van der Waals surface area contributed by atoms with Crippen LogP contribution in [0, 0.1) is 35.0 Å². The minimum absolute atomic E-state index is 0.0335. The molecule has 1 rings (SSSR count). The van der Waals surface area contributed by atoms with Crippen LogP contribution in [0.25, 0.3) is 5.57 Å². The minimum atomic E-state index is -2.13. The van der Waals surface area contributed by atoms with E-state index in [-0.39, 0.29) is 17.9 Å². The summed E-state index contributed by atoms with van der Waals surface area (Å²) in [6, 6.07) is 0. The number of hydrogen-bond acceptors (Lipinski definition) is 0. The molecule has 0 spiro atoms.